The molecule has 0 aromatic heterocycles. The van der Waals surface area contributed by atoms with Gasteiger partial charge in [-0.3, -0.25) is 9.69 Å². The fourth-order valence-electron chi connectivity index (χ4n) is 3.46. The highest BCUT2D eigenvalue weighted by Crippen LogP contribution is 2.28. The second-order valence-electron chi connectivity index (χ2n) is 7.70. The van der Waals surface area contributed by atoms with Gasteiger partial charge < -0.3 is 24.6 Å². The van der Waals surface area contributed by atoms with Crippen molar-refractivity contribution in [1.82, 2.24) is 10.2 Å². The van der Waals surface area contributed by atoms with E-state index in [4.69, 9.17) is 44.9 Å². The van der Waals surface area contributed by atoms with Crippen molar-refractivity contribution in [3.63, 3.8) is 0 Å². The molecule has 2 aliphatic rings. The summed E-state index contributed by atoms with van der Waals surface area (Å²) in [5, 5.41) is 2.95. The summed E-state index contributed by atoms with van der Waals surface area (Å²) in [7, 11) is 0. The van der Waals surface area contributed by atoms with E-state index < -0.39 is 28.8 Å². The van der Waals surface area contributed by atoms with E-state index in [-0.39, 0.29) is 19.2 Å². The molecule has 3 rings (SSSR count). The first-order valence-electron chi connectivity index (χ1n) is 10.2. The highest BCUT2D eigenvalue weighted by atomic mass is 35.5. The van der Waals surface area contributed by atoms with E-state index in [0.29, 0.717) is 42.7 Å². The zero-order valence-electron chi connectivity index (χ0n) is 17.7. The first-order chi connectivity index (χ1) is 15.2. The number of benzene rings is 1. The third-order valence-electron chi connectivity index (χ3n) is 5.03. The van der Waals surface area contributed by atoms with Gasteiger partial charge in [0, 0.05) is 26.2 Å². The fourth-order valence-corrected chi connectivity index (χ4v) is 3.99. The van der Waals surface area contributed by atoms with Gasteiger partial charge in [-0.25, -0.2) is 9.18 Å². The minimum atomic E-state index is -1.20. The van der Waals surface area contributed by atoms with Crippen molar-refractivity contribution in [3.05, 3.63) is 24.0 Å². The van der Waals surface area contributed by atoms with Gasteiger partial charge in [0.1, 0.15) is 11.9 Å². The Morgan fingerprint density at radius 3 is 2.59 bits per heavy atom. The average molecular weight is 507 g/mol. The molecule has 0 aliphatic carbocycles. The molecule has 32 heavy (non-hydrogen) atoms. The summed E-state index contributed by atoms with van der Waals surface area (Å²) >= 11 is 16.3. The number of piperazine rings is 1. The number of halogens is 3. The molecule has 176 valence electrons. The minimum absolute atomic E-state index is 0.0104. The summed E-state index contributed by atoms with van der Waals surface area (Å²) in [6.45, 7) is 6.50. The van der Waals surface area contributed by atoms with Crippen molar-refractivity contribution in [1.29, 1.82) is 0 Å². The molecular weight excluding hydrogens is 482 g/mol. The number of carbonyl (C=O) groups is 2. The number of alkyl halides is 2. The molecule has 2 fully saturated rings. The third-order valence-corrected chi connectivity index (χ3v) is 5.79. The number of rotatable bonds is 6. The Kier molecular flexibility index (Phi) is 8.24. The number of nitrogens with zero attached hydrogens (tertiary/aromatic N) is 3. The van der Waals surface area contributed by atoms with Gasteiger partial charge in [-0.1, -0.05) is 23.2 Å². The number of ether oxygens (including phenoxy) is 2. The molecule has 1 aromatic carbocycles. The molecule has 0 unspecified atom stereocenters. The Bertz CT molecular complexity index is 868. The Balaban J connectivity index is 1.58. The quantitative estimate of drug-likeness (QED) is 0.469. The predicted octanol–water partition coefficient (Wildman–Crippen LogP) is 2.90. The van der Waals surface area contributed by atoms with Gasteiger partial charge in [-0.15, -0.1) is 0 Å². The average Bonchev–Trinajstić information content (AvgIpc) is 3.12. The lowest BCUT2D eigenvalue weighted by atomic mass is 10.2. The van der Waals surface area contributed by atoms with Crippen LogP contribution in [0.15, 0.2) is 18.2 Å². The largest absolute Gasteiger partial charge is 0.468 e. The highest BCUT2D eigenvalue weighted by molar-refractivity contribution is 7.80. The van der Waals surface area contributed by atoms with Crippen LogP contribution < -0.4 is 15.1 Å². The van der Waals surface area contributed by atoms with Crippen molar-refractivity contribution in [2.24, 2.45) is 0 Å². The lowest BCUT2D eigenvalue weighted by Gasteiger charge is -2.37. The Hall–Kier alpha value is -2.04. The second kappa shape index (κ2) is 10.7. The van der Waals surface area contributed by atoms with Crippen molar-refractivity contribution >= 4 is 64.0 Å². The number of hydrogen-bond acceptors (Lipinski definition) is 6. The summed E-state index contributed by atoms with van der Waals surface area (Å²) in [6.07, 6.45) is -1.19. The molecule has 8 nitrogen and oxygen atoms in total. The van der Waals surface area contributed by atoms with Crippen molar-refractivity contribution in [3.8, 4) is 0 Å². The standard InChI is InChI=1S/C20H25Cl2FN4O4S/c1-12(2)30-20(32)26-7-5-25(6-8-26)16-4-3-13(9-15(16)23)27-11-14(31-19(27)29)10-24-18(28)17(21)22/h3-4,9,12,14,17H,5-8,10-11H2,1-2H3,(H,24,28)/t14-/m0/s1. The lowest BCUT2D eigenvalue weighted by Crippen LogP contribution is -2.49. The van der Waals surface area contributed by atoms with E-state index >= 15 is 0 Å². The molecule has 1 aromatic rings. The zero-order valence-corrected chi connectivity index (χ0v) is 20.1. The van der Waals surface area contributed by atoms with Crippen molar-refractivity contribution in [2.75, 3.05) is 49.1 Å². The molecular formula is C20H25Cl2FN4O4S. The number of anilines is 2. The van der Waals surface area contributed by atoms with Crippen LogP contribution in [0.3, 0.4) is 0 Å². The molecule has 2 amide bonds. The summed E-state index contributed by atoms with van der Waals surface area (Å²) in [4.78, 5) is 27.7. The fraction of sp³-hybridized carbons (Fsp3) is 0.550. The van der Waals surface area contributed by atoms with Crippen LogP contribution in [0, 0.1) is 5.82 Å². The Labute approximate surface area is 201 Å². The smallest absolute Gasteiger partial charge is 0.414 e. The predicted molar refractivity (Wildman–Crippen MR) is 125 cm³/mol. The Morgan fingerprint density at radius 2 is 2.00 bits per heavy atom. The van der Waals surface area contributed by atoms with Crippen LogP contribution in [0.2, 0.25) is 0 Å². The van der Waals surface area contributed by atoms with Crippen LogP contribution >= 0.6 is 35.4 Å². The molecule has 12 heteroatoms. The Morgan fingerprint density at radius 1 is 1.31 bits per heavy atom. The third kappa shape index (κ3) is 6.05. The van der Waals surface area contributed by atoms with Gasteiger partial charge in [0.25, 0.3) is 11.1 Å². The molecule has 0 saturated carbocycles. The van der Waals surface area contributed by atoms with E-state index in [1.165, 1.54) is 11.0 Å². The normalized spacial score (nSPS) is 18.9. The maximum absolute atomic E-state index is 14.9. The van der Waals surface area contributed by atoms with E-state index in [9.17, 15) is 14.0 Å². The van der Waals surface area contributed by atoms with Crippen LogP contribution in [-0.4, -0.2) is 78.4 Å². The van der Waals surface area contributed by atoms with Gasteiger partial charge >= 0.3 is 6.09 Å². The van der Waals surface area contributed by atoms with Crippen LogP contribution in [0.1, 0.15) is 13.8 Å². The molecule has 2 heterocycles. The van der Waals surface area contributed by atoms with Crippen LogP contribution in [0.4, 0.5) is 20.6 Å². The van der Waals surface area contributed by atoms with Crippen LogP contribution in [-0.2, 0) is 14.3 Å². The van der Waals surface area contributed by atoms with Gasteiger partial charge in [0.05, 0.1) is 30.6 Å². The van der Waals surface area contributed by atoms with Crippen LogP contribution in [0.5, 0.6) is 0 Å². The van der Waals surface area contributed by atoms with E-state index in [1.807, 2.05) is 23.6 Å². The number of thiocarbonyl (C=S) groups is 1. The lowest BCUT2D eigenvalue weighted by molar-refractivity contribution is -0.119. The molecule has 0 bridgehead atoms. The summed E-state index contributed by atoms with van der Waals surface area (Å²) < 4.78 is 25.7. The van der Waals surface area contributed by atoms with Crippen LogP contribution in [0.25, 0.3) is 0 Å². The van der Waals surface area contributed by atoms with Crippen molar-refractivity contribution < 1.29 is 23.5 Å². The van der Waals surface area contributed by atoms with Crippen molar-refractivity contribution in [2.45, 2.75) is 30.9 Å². The number of carbonyl (C=O) groups excluding carboxylic acids is 2. The maximum Gasteiger partial charge on any atom is 0.414 e. The van der Waals surface area contributed by atoms with Gasteiger partial charge in [0.15, 0.2) is 4.84 Å². The topological polar surface area (TPSA) is 74.3 Å². The number of cyclic esters (lactones) is 1. The molecule has 1 atom stereocenters. The number of amides is 2. The minimum Gasteiger partial charge on any atom is -0.468 e. The maximum atomic E-state index is 14.9. The number of hydrogen-bond donors (Lipinski definition) is 1. The van der Waals surface area contributed by atoms with E-state index in [0.717, 1.165) is 0 Å². The van der Waals surface area contributed by atoms with E-state index in [2.05, 4.69) is 5.32 Å². The van der Waals surface area contributed by atoms with Gasteiger partial charge in [-0.05, 0) is 44.3 Å². The first-order valence-corrected chi connectivity index (χ1v) is 11.5. The molecule has 0 spiro atoms. The molecule has 2 aliphatic heterocycles. The SMILES string of the molecule is CC(C)OC(=S)N1CCN(c2ccc(N3C[C@H](CNC(=O)C(Cl)Cl)OC3=O)cc2F)CC1. The first kappa shape index (κ1) is 24.6. The summed E-state index contributed by atoms with van der Waals surface area (Å²) in [6, 6.07) is 4.63. The highest BCUT2D eigenvalue weighted by Gasteiger charge is 2.33. The second-order valence-corrected chi connectivity index (χ2v) is 9.15. The number of nitrogens with one attached hydrogen (secondary N) is 1. The summed E-state index contributed by atoms with van der Waals surface area (Å²) in [5.74, 6) is -1.01. The monoisotopic (exact) mass is 506 g/mol. The zero-order chi connectivity index (χ0) is 23.4. The van der Waals surface area contributed by atoms with Gasteiger partial charge in [0.2, 0.25) is 0 Å². The molecule has 0 radical (unpaired) electrons. The van der Waals surface area contributed by atoms with E-state index in [1.54, 1.807) is 12.1 Å². The van der Waals surface area contributed by atoms with Gasteiger partial charge in [-0.2, -0.15) is 0 Å². The molecule has 2 saturated heterocycles. The summed E-state index contributed by atoms with van der Waals surface area (Å²) in [5.41, 5.74) is 0.832. The molecule has 1 N–H and O–H groups in total.